The van der Waals surface area contributed by atoms with Crippen LogP contribution in [0.1, 0.15) is 19.0 Å². The molecule has 0 aromatic carbocycles. The van der Waals surface area contributed by atoms with Crippen LogP contribution in [0, 0.1) is 5.41 Å². The summed E-state index contributed by atoms with van der Waals surface area (Å²) in [5.74, 6) is 0.202. The van der Waals surface area contributed by atoms with Crippen molar-refractivity contribution in [1.29, 1.82) is 0 Å². The van der Waals surface area contributed by atoms with Gasteiger partial charge in [0.25, 0.3) is 0 Å². The number of nitrogens with one attached hydrogen (secondary N) is 1. The number of halogens is 2. The van der Waals surface area contributed by atoms with Crippen molar-refractivity contribution in [3.8, 4) is 0 Å². The summed E-state index contributed by atoms with van der Waals surface area (Å²) >= 11 is 0. The normalized spacial score (nSPS) is 21.2. The van der Waals surface area contributed by atoms with Gasteiger partial charge in [0.15, 0.2) is 0 Å². The number of carbonyl (C=O) groups excluding carboxylic acids is 1. The van der Waals surface area contributed by atoms with E-state index in [-0.39, 0.29) is 36.1 Å². The summed E-state index contributed by atoms with van der Waals surface area (Å²) < 4.78 is 0. The molecule has 19 heavy (non-hydrogen) atoms. The van der Waals surface area contributed by atoms with Crippen LogP contribution in [0.15, 0.2) is 24.4 Å². The zero-order valence-corrected chi connectivity index (χ0v) is 12.9. The highest BCUT2D eigenvalue weighted by Crippen LogP contribution is 2.27. The van der Waals surface area contributed by atoms with Crippen molar-refractivity contribution in [1.82, 2.24) is 15.2 Å². The topological polar surface area (TPSA) is 45.2 Å². The molecular weight excluding hydrogens is 285 g/mol. The number of rotatable bonds is 3. The maximum Gasteiger partial charge on any atom is 0.229 e. The summed E-state index contributed by atoms with van der Waals surface area (Å²) in [5.41, 5.74) is 0.682. The Kier molecular flexibility index (Phi) is 7.34. The summed E-state index contributed by atoms with van der Waals surface area (Å²) in [6.07, 6.45) is 2.67. The van der Waals surface area contributed by atoms with Crippen molar-refractivity contribution in [2.45, 2.75) is 19.9 Å². The van der Waals surface area contributed by atoms with Crippen molar-refractivity contribution in [3.05, 3.63) is 30.1 Å². The van der Waals surface area contributed by atoms with Crippen LogP contribution in [-0.4, -0.2) is 35.9 Å². The van der Waals surface area contributed by atoms with E-state index in [1.165, 1.54) is 0 Å². The van der Waals surface area contributed by atoms with E-state index in [9.17, 15) is 4.79 Å². The monoisotopic (exact) mass is 305 g/mol. The number of hydrogen-bond acceptors (Lipinski definition) is 3. The molecule has 1 saturated heterocycles. The fourth-order valence-electron chi connectivity index (χ4n) is 2.27. The molecule has 2 rings (SSSR count). The number of amides is 1. The van der Waals surface area contributed by atoms with E-state index in [1.54, 1.807) is 11.1 Å². The number of aromatic nitrogens is 1. The SMILES string of the molecule is CN(Cc1ccccn1)C(=O)C1(C)CCNC1.Cl.Cl. The molecule has 0 spiro atoms. The lowest BCUT2D eigenvalue weighted by atomic mass is 9.88. The van der Waals surface area contributed by atoms with Gasteiger partial charge in [0.05, 0.1) is 17.7 Å². The van der Waals surface area contributed by atoms with Crippen molar-refractivity contribution >= 4 is 30.7 Å². The van der Waals surface area contributed by atoms with Crippen LogP contribution in [0.2, 0.25) is 0 Å². The van der Waals surface area contributed by atoms with Gasteiger partial charge in [-0.05, 0) is 32.0 Å². The van der Waals surface area contributed by atoms with Gasteiger partial charge in [0, 0.05) is 19.8 Å². The number of nitrogens with zero attached hydrogens (tertiary/aromatic N) is 2. The summed E-state index contributed by atoms with van der Waals surface area (Å²) in [7, 11) is 1.85. The molecule has 1 amide bonds. The van der Waals surface area contributed by atoms with Gasteiger partial charge in [0.1, 0.15) is 0 Å². The minimum atomic E-state index is -0.246. The summed E-state index contributed by atoms with van der Waals surface area (Å²) in [5, 5.41) is 3.25. The lowest BCUT2D eigenvalue weighted by Gasteiger charge is -2.28. The third-order valence-corrected chi connectivity index (χ3v) is 3.36. The Hall–Kier alpha value is -0.840. The minimum absolute atomic E-state index is 0. The van der Waals surface area contributed by atoms with E-state index in [2.05, 4.69) is 10.3 Å². The molecule has 1 aliphatic rings. The van der Waals surface area contributed by atoms with Crippen LogP contribution in [0.5, 0.6) is 0 Å². The van der Waals surface area contributed by atoms with Crippen molar-refractivity contribution in [2.75, 3.05) is 20.1 Å². The first-order chi connectivity index (χ1) is 8.12. The van der Waals surface area contributed by atoms with E-state index in [4.69, 9.17) is 0 Å². The lowest BCUT2D eigenvalue weighted by Crippen LogP contribution is -2.41. The van der Waals surface area contributed by atoms with Gasteiger partial charge in [-0.25, -0.2) is 0 Å². The van der Waals surface area contributed by atoms with Gasteiger partial charge >= 0.3 is 0 Å². The van der Waals surface area contributed by atoms with Crippen LogP contribution in [0.25, 0.3) is 0 Å². The second-order valence-corrected chi connectivity index (χ2v) is 4.97. The van der Waals surface area contributed by atoms with Crippen LogP contribution in [0.4, 0.5) is 0 Å². The fourth-order valence-corrected chi connectivity index (χ4v) is 2.27. The molecule has 1 N–H and O–H groups in total. The Morgan fingerprint density at radius 3 is 2.74 bits per heavy atom. The average Bonchev–Trinajstić information content (AvgIpc) is 2.78. The number of carbonyl (C=O) groups is 1. The Morgan fingerprint density at radius 1 is 1.47 bits per heavy atom. The molecule has 108 valence electrons. The molecule has 0 bridgehead atoms. The van der Waals surface area contributed by atoms with E-state index >= 15 is 0 Å². The molecule has 0 saturated carbocycles. The highest BCUT2D eigenvalue weighted by molar-refractivity contribution is 5.85. The Bertz CT molecular complexity index is 394. The fraction of sp³-hybridized carbons (Fsp3) is 0.538. The Balaban J connectivity index is 0.00000162. The lowest BCUT2D eigenvalue weighted by molar-refractivity contribution is -0.139. The largest absolute Gasteiger partial charge is 0.339 e. The van der Waals surface area contributed by atoms with Crippen molar-refractivity contribution in [2.24, 2.45) is 5.41 Å². The second kappa shape index (κ2) is 7.68. The highest BCUT2D eigenvalue weighted by atomic mass is 35.5. The van der Waals surface area contributed by atoms with E-state index in [0.717, 1.165) is 25.2 Å². The highest BCUT2D eigenvalue weighted by Gasteiger charge is 2.38. The van der Waals surface area contributed by atoms with E-state index in [0.29, 0.717) is 6.54 Å². The molecular formula is C13H21Cl2N3O. The molecule has 1 aromatic rings. The average molecular weight is 306 g/mol. The minimum Gasteiger partial charge on any atom is -0.339 e. The van der Waals surface area contributed by atoms with E-state index < -0.39 is 0 Å². The van der Waals surface area contributed by atoms with E-state index in [1.807, 2.05) is 32.2 Å². The molecule has 0 aliphatic carbocycles. The summed E-state index contributed by atoms with van der Waals surface area (Å²) in [4.78, 5) is 18.3. The van der Waals surface area contributed by atoms with Gasteiger partial charge in [0.2, 0.25) is 5.91 Å². The van der Waals surface area contributed by atoms with Crippen LogP contribution in [-0.2, 0) is 11.3 Å². The quantitative estimate of drug-likeness (QED) is 0.927. The van der Waals surface area contributed by atoms with Crippen LogP contribution < -0.4 is 5.32 Å². The van der Waals surface area contributed by atoms with Crippen LogP contribution in [0.3, 0.4) is 0 Å². The first-order valence-corrected chi connectivity index (χ1v) is 5.98. The molecule has 2 heterocycles. The first kappa shape index (κ1) is 18.2. The third kappa shape index (κ3) is 4.34. The Morgan fingerprint density at radius 2 is 2.21 bits per heavy atom. The number of pyridine rings is 1. The second-order valence-electron chi connectivity index (χ2n) is 4.97. The zero-order chi connectivity index (χ0) is 12.3. The number of hydrogen-bond donors (Lipinski definition) is 1. The standard InChI is InChI=1S/C13H19N3O.2ClH/c1-13(6-8-14-10-13)12(17)16(2)9-11-5-3-4-7-15-11;;/h3-5,7,14H,6,8-10H2,1-2H3;2*1H. The molecule has 1 atom stereocenters. The van der Waals surface area contributed by atoms with Gasteiger partial charge in [-0.1, -0.05) is 6.07 Å². The predicted octanol–water partition coefficient (Wildman–Crippen LogP) is 1.88. The maximum atomic E-state index is 12.3. The molecule has 0 radical (unpaired) electrons. The molecule has 1 aliphatic heterocycles. The van der Waals surface area contributed by atoms with Crippen LogP contribution >= 0.6 is 24.8 Å². The first-order valence-electron chi connectivity index (χ1n) is 5.98. The predicted molar refractivity (Wildman–Crippen MR) is 80.8 cm³/mol. The zero-order valence-electron chi connectivity index (χ0n) is 11.3. The third-order valence-electron chi connectivity index (χ3n) is 3.36. The summed E-state index contributed by atoms with van der Waals surface area (Å²) in [6.45, 7) is 4.32. The Labute approximate surface area is 126 Å². The van der Waals surface area contributed by atoms with Gasteiger partial charge in [-0.2, -0.15) is 0 Å². The van der Waals surface area contributed by atoms with Crippen molar-refractivity contribution in [3.63, 3.8) is 0 Å². The summed E-state index contributed by atoms with van der Waals surface area (Å²) in [6, 6.07) is 5.77. The molecule has 1 fully saturated rings. The van der Waals surface area contributed by atoms with Crippen molar-refractivity contribution < 1.29 is 4.79 Å². The molecule has 4 nitrogen and oxygen atoms in total. The smallest absolute Gasteiger partial charge is 0.229 e. The molecule has 1 unspecified atom stereocenters. The molecule has 1 aromatic heterocycles. The maximum absolute atomic E-state index is 12.3. The van der Waals surface area contributed by atoms with Gasteiger partial charge in [-0.3, -0.25) is 9.78 Å². The van der Waals surface area contributed by atoms with Gasteiger partial charge < -0.3 is 10.2 Å². The molecule has 6 heteroatoms. The van der Waals surface area contributed by atoms with Gasteiger partial charge in [-0.15, -0.1) is 24.8 Å².